The van der Waals surface area contributed by atoms with E-state index in [4.69, 9.17) is 16.4 Å². The standard InChI is InChI=1S/C8H10N4O3/c9-11-7(13)5-3-1-2-4-6(5)15-8(14)12-10/h1-4H,9-10H2,(H,11,13)(H,12,14). The lowest BCUT2D eigenvalue weighted by molar-refractivity contribution is 0.0951. The maximum atomic E-state index is 11.2. The molecule has 0 spiro atoms. The molecule has 0 atom stereocenters. The van der Waals surface area contributed by atoms with Gasteiger partial charge in [-0.2, -0.15) is 0 Å². The zero-order chi connectivity index (χ0) is 11.3. The first kappa shape index (κ1) is 11.0. The molecule has 0 aliphatic heterocycles. The third-order valence-electron chi connectivity index (χ3n) is 1.58. The highest BCUT2D eigenvalue weighted by Crippen LogP contribution is 2.17. The Balaban J connectivity index is 2.96. The predicted molar refractivity (Wildman–Crippen MR) is 51.4 cm³/mol. The maximum absolute atomic E-state index is 11.2. The Kier molecular flexibility index (Phi) is 3.61. The van der Waals surface area contributed by atoms with Crippen LogP contribution in [0.2, 0.25) is 0 Å². The Bertz CT molecular complexity index is 380. The van der Waals surface area contributed by atoms with Crippen molar-refractivity contribution < 1.29 is 14.3 Å². The molecule has 0 unspecified atom stereocenters. The second-order valence-corrected chi connectivity index (χ2v) is 2.50. The third-order valence-corrected chi connectivity index (χ3v) is 1.58. The van der Waals surface area contributed by atoms with Crippen LogP contribution in [0.4, 0.5) is 4.79 Å². The minimum atomic E-state index is -0.868. The van der Waals surface area contributed by atoms with Crippen LogP contribution in [0, 0.1) is 0 Å². The van der Waals surface area contributed by atoms with Gasteiger partial charge in [0.25, 0.3) is 5.91 Å². The summed E-state index contributed by atoms with van der Waals surface area (Å²) >= 11 is 0. The number of para-hydroxylation sites is 1. The molecular weight excluding hydrogens is 200 g/mol. The molecule has 0 bridgehead atoms. The van der Waals surface area contributed by atoms with Gasteiger partial charge in [-0.15, -0.1) is 0 Å². The number of ether oxygens (including phenoxy) is 1. The average Bonchev–Trinajstić information content (AvgIpc) is 2.28. The highest BCUT2D eigenvalue weighted by atomic mass is 16.6. The van der Waals surface area contributed by atoms with Crippen LogP contribution in [0.3, 0.4) is 0 Å². The Hall–Kier alpha value is -2.12. The minimum Gasteiger partial charge on any atom is -0.409 e. The van der Waals surface area contributed by atoms with Gasteiger partial charge in [0.2, 0.25) is 0 Å². The number of carbonyl (C=O) groups excluding carboxylic acids is 2. The molecule has 1 aromatic carbocycles. The van der Waals surface area contributed by atoms with E-state index in [-0.39, 0.29) is 11.3 Å². The van der Waals surface area contributed by atoms with Crippen LogP contribution in [0.25, 0.3) is 0 Å². The second kappa shape index (κ2) is 4.94. The molecule has 7 nitrogen and oxygen atoms in total. The molecule has 1 rings (SSSR count). The van der Waals surface area contributed by atoms with Gasteiger partial charge < -0.3 is 4.74 Å². The van der Waals surface area contributed by atoms with E-state index in [9.17, 15) is 9.59 Å². The van der Waals surface area contributed by atoms with E-state index in [1.165, 1.54) is 12.1 Å². The lowest BCUT2D eigenvalue weighted by Gasteiger charge is -2.07. The molecule has 0 radical (unpaired) electrons. The topological polar surface area (TPSA) is 119 Å². The first-order valence-corrected chi connectivity index (χ1v) is 3.97. The number of hydrogen-bond donors (Lipinski definition) is 4. The summed E-state index contributed by atoms with van der Waals surface area (Å²) < 4.78 is 4.73. The Labute approximate surface area is 85.3 Å². The summed E-state index contributed by atoms with van der Waals surface area (Å²) in [5, 5.41) is 0. The SMILES string of the molecule is NNC(=O)Oc1ccccc1C(=O)NN. The number of benzene rings is 1. The van der Waals surface area contributed by atoms with Crippen molar-refractivity contribution in [3.63, 3.8) is 0 Å². The molecule has 0 fully saturated rings. The molecule has 0 aliphatic carbocycles. The number of amides is 2. The lowest BCUT2D eigenvalue weighted by Crippen LogP contribution is -2.34. The van der Waals surface area contributed by atoms with Crippen molar-refractivity contribution in [3.05, 3.63) is 29.8 Å². The summed E-state index contributed by atoms with van der Waals surface area (Å²) in [5.74, 6) is 9.30. The first-order chi connectivity index (χ1) is 7.19. The van der Waals surface area contributed by atoms with Gasteiger partial charge in [-0.1, -0.05) is 12.1 Å². The van der Waals surface area contributed by atoms with Crippen molar-refractivity contribution in [2.24, 2.45) is 11.7 Å². The molecule has 6 N–H and O–H groups in total. The molecule has 15 heavy (non-hydrogen) atoms. The maximum Gasteiger partial charge on any atom is 0.426 e. The van der Waals surface area contributed by atoms with Crippen LogP contribution in [0.5, 0.6) is 5.75 Å². The molecule has 0 saturated carbocycles. The molecule has 0 aliphatic rings. The predicted octanol–water partition coefficient (Wildman–Crippen LogP) is -0.748. The zero-order valence-corrected chi connectivity index (χ0v) is 7.69. The van der Waals surface area contributed by atoms with Crippen LogP contribution in [0.15, 0.2) is 24.3 Å². The highest BCUT2D eigenvalue weighted by Gasteiger charge is 2.12. The zero-order valence-electron chi connectivity index (χ0n) is 7.69. The number of nitrogens with one attached hydrogen (secondary N) is 2. The number of hydrogen-bond acceptors (Lipinski definition) is 5. The summed E-state index contributed by atoms with van der Waals surface area (Å²) in [5.41, 5.74) is 3.85. The molecule has 1 aromatic rings. The molecule has 2 amide bonds. The van der Waals surface area contributed by atoms with Gasteiger partial charge in [0.15, 0.2) is 0 Å². The normalized spacial score (nSPS) is 9.20. The summed E-state index contributed by atoms with van der Waals surface area (Å²) in [4.78, 5) is 22.0. The quantitative estimate of drug-likeness (QED) is 0.291. The second-order valence-electron chi connectivity index (χ2n) is 2.50. The Morgan fingerprint density at radius 2 is 1.80 bits per heavy atom. The first-order valence-electron chi connectivity index (χ1n) is 3.97. The molecule has 0 saturated heterocycles. The number of nitrogen functional groups attached to an aromatic ring is 1. The van der Waals surface area contributed by atoms with Crippen LogP contribution < -0.4 is 27.3 Å². The lowest BCUT2D eigenvalue weighted by atomic mass is 10.2. The van der Waals surface area contributed by atoms with Gasteiger partial charge in [0, 0.05) is 0 Å². The number of nitrogens with two attached hydrogens (primary N) is 2. The highest BCUT2D eigenvalue weighted by molar-refractivity contribution is 5.97. The van der Waals surface area contributed by atoms with Gasteiger partial charge in [0.1, 0.15) is 5.75 Å². The Morgan fingerprint density at radius 3 is 2.40 bits per heavy atom. The molecule has 7 heteroatoms. The monoisotopic (exact) mass is 210 g/mol. The summed E-state index contributed by atoms with van der Waals surface area (Å²) in [7, 11) is 0. The summed E-state index contributed by atoms with van der Waals surface area (Å²) in [6.07, 6.45) is -0.868. The minimum absolute atomic E-state index is 0.0726. The van der Waals surface area contributed by atoms with E-state index < -0.39 is 12.0 Å². The largest absolute Gasteiger partial charge is 0.426 e. The van der Waals surface area contributed by atoms with E-state index >= 15 is 0 Å². The van der Waals surface area contributed by atoms with Crippen LogP contribution in [0.1, 0.15) is 10.4 Å². The van der Waals surface area contributed by atoms with Crippen molar-refractivity contribution in [3.8, 4) is 5.75 Å². The van der Waals surface area contributed by atoms with E-state index in [0.717, 1.165) is 0 Å². The summed E-state index contributed by atoms with van der Waals surface area (Å²) in [6.45, 7) is 0. The van der Waals surface area contributed by atoms with Crippen molar-refractivity contribution in [2.45, 2.75) is 0 Å². The molecule has 0 heterocycles. The van der Waals surface area contributed by atoms with Gasteiger partial charge >= 0.3 is 6.09 Å². The fraction of sp³-hybridized carbons (Fsp3) is 0. The molecular formula is C8H10N4O3. The van der Waals surface area contributed by atoms with Gasteiger partial charge in [-0.3, -0.25) is 15.6 Å². The van der Waals surface area contributed by atoms with Crippen molar-refractivity contribution in [1.29, 1.82) is 0 Å². The third kappa shape index (κ3) is 2.66. The van der Waals surface area contributed by atoms with E-state index in [1.54, 1.807) is 17.6 Å². The molecule has 0 aromatic heterocycles. The van der Waals surface area contributed by atoms with Gasteiger partial charge in [0.05, 0.1) is 5.56 Å². The van der Waals surface area contributed by atoms with Gasteiger partial charge in [-0.25, -0.2) is 16.5 Å². The van der Waals surface area contributed by atoms with E-state index in [2.05, 4.69) is 0 Å². The number of rotatable bonds is 2. The van der Waals surface area contributed by atoms with Crippen LogP contribution in [-0.4, -0.2) is 12.0 Å². The van der Waals surface area contributed by atoms with Crippen LogP contribution in [-0.2, 0) is 0 Å². The Morgan fingerprint density at radius 1 is 1.13 bits per heavy atom. The fourth-order valence-corrected chi connectivity index (χ4v) is 0.950. The summed E-state index contributed by atoms with van der Waals surface area (Å²) in [6, 6.07) is 6.12. The fourth-order valence-electron chi connectivity index (χ4n) is 0.950. The number of carbonyl (C=O) groups is 2. The van der Waals surface area contributed by atoms with Crippen molar-refractivity contribution in [2.75, 3.05) is 0 Å². The molecule has 80 valence electrons. The number of hydrazine groups is 2. The van der Waals surface area contributed by atoms with Crippen LogP contribution >= 0.6 is 0 Å². The van der Waals surface area contributed by atoms with Gasteiger partial charge in [-0.05, 0) is 12.1 Å². The van der Waals surface area contributed by atoms with Crippen molar-refractivity contribution in [1.82, 2.24) is 10.9 Å². The van der Waals surface area contributed by atoms with E-state index in [1.807, 2.05) is 5.43 Å². The average molecular weight is 210 g/mol. The van der Waals surface area contributed by atoms with E-state index in [0.29, 0.717) is 0 Å². The van der Waals surface area contributed by atoms with Crippen molar-refractivity contribution >= 4 is 12.0 Å². The smallest absolute Gasteiger partial charge is 0.409 e.